The molecular formula is C12H16F3N3OS. The molecule has 1 heterocycles. The van der Waals surface area contributed by atoms with Crippen molar-refractivity contribution < 1.29 is 17.9 Å². The number of hydrogen-bond donors (Lipinski definition) is 1. The van der Waals surface area contributed by atoms with Gasteiger partial charge in [0.2, 0.25) is 5.88 Å². The second kappa shape index (κ2) is 6.83. The van der Waals surface area contributed by atoms with E-state index in [0.717, 1.165) is 11.3 Å². The number of aromatic nitrogens is 2. The molecular weight excluding hydrogens is 291 g/mol. The molecule has 0 spiro atoms. The van der Waals surface area contributed by atoms with E-state index in [-0.39, 0.29) is 10.9 Å². The van der Waals surface area contributed by atoms with Crippen LogP contribution in [0.5, 0.6) is 5.88 Å². The Morgan fingerprint density at radius 3 is 2.35 bits per heavy atom. The van der Waals surface area contributed by atoms with Gasteiger partial charge in [0.1, 0.15) is 4.99 Å². The molecule has 4 nitrogen and oxygen atoms in total. The van der Waals surface area contributed by atoms with Crippen molar-refractivity contribution in [2.75, 3.05) is 6.61 Å². The summed E-state index contributed by atoms with van der Waals surface area (Å²) in [5.74, 6) is -0.0317. The lowest BCUT2D eigenvalue weighted by molar-refractivity contribution is -0.139. The first-order valence-corrected chi connectivity index (χ1v) is 6.58. The summed E-state index contributed by atoms with van der Waals surface area (Å²) in [5, 5.41) is 7.75. The maximum Gasteiger partial charge on any atom is 0.392 e. The van der Waals surface area contributed by atoms with Crippen LogP contribution in [-0.4, -0.2) is 28.0 Å². The van der Waals surface area contributed by atoms with Crippen molar-refractivity contribution in [3.63, 3.8) is 0 Å². The van der Waals surface area contributed by atoms with Gasteiger partial charge >= 0.3 is 6.18 Å². The molecule has 0 aliphatic heterocycles. The average molecular weight is 307 g/mol. The quantitative estimate of drug-likeness (QED) is 0.819. The van der Waals surface area contributed by atoms with Crippen LogP contribution >= 0.6 is 12.2 Å². The molecule has 0 unspecified atom stereocenters. The molecule has 20 heavy (non-hydrogen) atoms. The standard InChI is InChI=1S/C12H16F3N3OS/c1-3-7-8(4-2)17-18-11(9(7)10(16)20)19-6-5-12(13,14)15/h3-6H2,1-2H3,(H2,16,20). The molecule has 0 aliphatic carbocycles. The highest BCUT2D eigenvalue weighted by Crippen LogP contribution is 2.24. The number of hydrogen-bond acceptors (Lipinski definition) is 4. The third-order valence-electron chi connectivity index (χ3n) is 2.68. The summed E-state index contributed by atoms with van der Waals surface area (Å²) >= 11 is 4.94. The second-order valence-corrected chi connectivity index (χ2v) is 4.53. The minimum atomic E-state index is -4.28. The summed E-state index contributed by atoms with van der Waals surface area (Å²) in [6, 6.07) is 0. The summed E-state index contributed by atoms with van der Waals surface area (Å²) in [6.07, 6.45) is -4.12. The van der Waals surface area contributed by atoms with E-state index >= 15 is 0 Å². The molecule has 0 atom stereocenters. The Bertz CT molecular complexity index is 492. The minimum Gasteiger partial charge on any atom is -0.476 e. The number of halogens is 3. The van der Waals surface area contributed by atoms with E-state index in [0.29, 0.717) is 18.4 Å². The normalized spacial score (nSPS) is 11.4. The first-order valence-electron chi connectivity index (χ1n) is 6.17. The van der Waals surface area contributed by atoms with Crippen LogP contribution in [0.1, 0.15) is 37.1 Å². The smallest absolute Gasteiger partial charge is 0.392 e. The largest absolute Gasteiger partial charge is 0.476 e. The van der Waals surface area contributed by atoms with E-state index in [1.807, 2.05) is 13.8 Å². The lowest BCUT2D eigenvalue weighted by Gasteiger charge is -2.15. The van der Waals surface area contributed by atoms with Gasteiger partial charge in [-0.15, -0.1) is 5.10 Å². The summed E-state index contributed by atoms with van der Waals surface area (Å²) in [4.78, 5) is 0.0495. The van der Waals surface area contributed by atoms with E-state index in [9.17, 15) is 13.2 Å². The van der Waals surface area contributed by atoms with Crippen molar-refractivity contribution in [1.29, 1.82) is 0 Å². The van der Waals surface area contributed by atoms with Gasteiger partial charge in [-0.3, -0.25) is 0 Å². The van der Waals surface area contributed by atoms with Crippen molar-refractivity contribution in [1.82, 2.24) is 10.2 Å². The predicted octanol–water partition coefficient (Wildman–Crippen LogP) is 2.57. The van der Waals surface area contributed by atoms with Crippen LogP contribution in [0.25, 0.3) is 0 Å². The molecule has 0 aliphatic rings. The first-order chi connectivity index (χ1) is 9.30. The molecule has 1 aromatic heterocycles. The molecule has 0 radical (unpaired) electrons. The predicted molar refractivity (Wildman–Crippen MR) is 72.8 cm³/mol. The molecule has 0 amide bonds. The molecule has 8 heteroatoms. The zero-order valence-corrected chi connectivity index (χ0v) is 12.1. The van der Waals surface area contributed by atoms with Crippen molar-refractivity contribution in [3.05, 3.63) is 16.8 Å². The lowest BCUT2D eigenvalue weighted by Crippen LogP contribution is -2.20. The Kier molecular flexibility index (Phi) is 5.67. The number of rotatable bonds is 6. The number of thiocarbonyl (C=S) groups is 1. The number of alkyl halides is 3. The maximum absolute atomic E-state index is 12.1. The van der Waals surface area contributed by atoms with E-state index in [4.69, 9.17) is 22.7 Å². The Morgan fingerprint density at radius 1 is 1.25 bits per heavy atom. The van der Waals surface area contributed by atoms with E-state index in [1.165, 1.54) is 0 Å². The second-order valence-electron chi connectivity index (χ2n) is 4.09. The zero-order valence-electron chi connectivity index (χ0n) is 11.3. The van der Waals surface area contributed by atoms with Gasteiger partial charge in [0.25, 0.3) is 0 Å². The van der Waals surface area contributed by atoms with Gasteiger partial charge < -0.3 is 10.5 Å². The van der Waals surface area contributed by atoms with Gasteiger partial charge in [-0.2, -0.15) is 18.3 Å². The number of nitrogens with zero attached hydrogens (tertiary/aromatic N) is 2. The Balaban J connectivity index is 3.04. The highest BCUT2D eigenvalue weighted by Gasteiger charge is 2.27. The maximum atomic E-state index is 12.1. The van der Waals surface area contributed by atoms with E-state index in [1.54, 1.807) is 0 Å². The van der Waals surface area contributed by atoms with Crippen LogP contribution in [0.15, 0.2) is 0 Å². The third-order valence-corrected chi connectivity index (χ3v) is 2.89. The van der Waals surface area contributed by atoms with Gasteiger partial charge in [-0.1, -0.05) is 26.1 Å². The SMILES string of the molecule is CCc1nnc(OCCC(F)(F)F)c(C(N)=S)c1CC. The lowest BCUT2D eigenvalue weighted by atomic mass is 10.0. The molecule has 0 aromatic carbocycles. The summed E-state index contributed by atoms with van der Waals surface area (Å²) in [7, 11) is 0. The van der Waals surface area contributed by atoms with Gasteiger partial charge in [-0.05, 0) is 18.4 Å². The highest BCUT2D eigenvalue weighted by molar-refractivity contribution is 7.80. The fourth-order valence-corrected chi connectivity index (χ4v) is 1.98. The Labute approximate surface area is 120 Å². The molecule has 1 rings (SSSR count). The van der Waals surface area contributed by atoms with Crippen LogP contribution in [0.4, 0.5) is 13.2 Å². The number of nitrogens with two attached hydrogens (primary N) is 1. The highest BCUT2D eigenvalue weighted by atomic mass is 32.1. The topological polar surface area (TPSA) is 61.0 Å². The molecule has 0 fully saturated rings. The van der Waals surface area contributed by atoms with Crippen molar-refractivity contribution >= 4 is 17.2 Å². The van der Waals surface area contributed by atoms with E-state index < -0.39 is 19.2 Å². The van der Waals surface area contributed by atoms with Gasteiger partial charge in [-0.25, -0.2) is 0 Å². The van der Waals surface area contributed by atoms with Crippen LogP contribution in [0, 0.1) is 0 Å². The first kappa shape index (κ1) is 16.6. The molecule has 2 N–H and O–H groups in total. The molecule has 112 valence electrons. The molecule has 0 saturated heterocycles. The fourth-order valence-electron chi connectivity index (χ4n) is 1.77. The third kappa shape index (κ3) is 4.29. The van der Waals surface area contributed by atoms with Crippen LogP contribution in [-0.2, 0) is 12.8 Å². The Morgan fingerprint density at radius 2 is 1.90 bits per heavy atom. The number of aryl methyl sites for hydroxylation is 1. The fraction of sp³-hybridized carbons (Fsp3) is 0.583. The van der Waals surface area contributed by atoms with Crippen molar-refractivity contribution in [3.8, 4) is 5.88 Å². The van der Waals surface area contributed by atoms with Gasteiger partial charge in [0.15, 0.2) is 0 Å². The average Bonchev–Trinajstić information content (AvgIpc) is 2.35. The van der Waals surface area contributed by atoms with E-state index in [2.05, 4.69) is 10.2 Å². The summed E-state index contributed by atoms with van der Waals surface area (Å²) in [6.45, 7) is 3.25. The molecule has 0 saturated carbocycles. The van der Waals surface area contributed by atoms with Crippen molar-refractivity contribution in [2.45, 2.75) is 39.3 Å². The monoisotopic (exact) mass is 307 g/mol. The zero-order chi connectivity index (χ0) is 15.3. The Hall–Kier alpha value is -1.44. The number of ether oxygens (including phenoxy) is 1. The summed E-state index contributed by atoms with van der Waals surface area (Å²) in [5.41, 5.74) is 7.51. The molecule has 1 aromatic rings. The minimum absolute atomic E-state index is 0.0317. The van der Waals surface area contributed by atoms with Crippen LogP contribution in [0.3, 0.4) is 0 Å². The van der Waals surface area contributed by atoms with Crippen LogP contribution < -0.4 is 10.5 Å². The van der Waals surface area contributed by atoms with Gasteiger partial charge in [0, 0.05) is 0 Å². The summed E-state index contributed by atoms with van der Waals surface area (Å²) < 4.78 is 41.4. The van der Waals surface area contributed by atoms with Gasteiger partial charge in [0.05, 0.1) is 24.3 Å². The van der Waals surface area contributed by atoms with Crippen molar-refractivity contribution in [2.24, 2.45) is 5.73 Å². The van der Waals surface area contributed by atoms with Crippen LogP contribution in [0.2, 0.25) is 0 Å². The molecule has 0 bridgehead atoms.